The zero-order valence-electron chi connectivity index (χ0n) is 19.4. The van der Waals surface area contributed by atoms with Gasteiger partial charge in [0.25, 0.3) is 0 Å². The Morgan fingerprint density at radius 2 is 1.68 bits per heavy atom. The Morgan fingerprint density at radius 3 is 2.41 bits per heavy atom. The van der Waals surface area contributed by atoms with E-state index < -0.39 is 23.8 Å². The highest BCUT2D eigenvalue weighted by Crippen LogP contribution is 2.19. The molecule has 7 heteroatoms. The lowest BCUT2D eigenvalue weighted by Gasteiger charge is -2.19. The highest BCUT2D eigenvalue weighted by atomic mass is 16.2. The van der Waals surface area contributed by atoms with Gasteiger partial charge in [-0.1, -0.05) is 42.5 Å². The molecule has 0 saturated carbocycles. The maximum atomic E-state index is 12.8. The van der Waals surface area contributed by atoms with Crippen molar-refractivity contribution in [3.05, 3.63) is 71.9 Å². The maximum absolute atomic E-state index is 12.8. The number of Topliss-reactive ketones (excluding diaryl/α,β-unsaturated/α-hetero) is 2. The highest BCUT2D eigenvalue weighted by Gasteiger charge is 2.26. The summed E-state index contributed by atoms with van der Waals surface area (Å²) in [6, 6.07) is 16.7. The summed E-state index contributed by atoms with van der Waals surface area (Å²) in [7, 11) is 0. The van der Waals surface area contributed by atoms with E-state index in [9.17, 15) is 19.2 Å². The fourth-order valence-electron chi connectivity index (χ4n) is 4.06. The molecule has 178 valence electrons. The molecule has 0 spiro atoms. The summed E-state index contributed by atoms with van der Waals surface area (Å²) in [6.45, 7) is 1.62. The summed E-state index contributed by atoms with van der Waals surface area (Å²) in [5.41, 5.74) is 8.41. The average molecular weight is 462 g/mol. The zero-order valence-corrected chi connectivity index (χ0v) is 19.4. The normalized spacial score (nSPS) is 12.7. The SMILES string of the molecule is C[C@H](NC(=O)[C@H](CC(N)=O)CC(=O)CCc1ccccc1)C(=O)CCc1cccc2[nH]ccc12. The number of nitrogens with two attached hydrogens (primary N) is 1. The van der Waals surface area contributed by atoms with Crippen LogP contribution in [0.3, 0.4) is 0 Å². The van der Waals surface area contributed by atoms with E-state index in [0.717, 1.165) is 22.0 Å². The quantitative estimate of drug-likeness (QED) is 0.362. The van der Waals surface area contributed by atoms with Crippen molar-refractivity contribution < 1.29 is 19.2 Å². The standard InChI is InChI=1S/C27H31N3O4/c1-18(25(32)13-11-20-8-5-9-24-23(20)14-15-29-24)30-27(34)21(17-26(28)33)16-22(31)12-10-19-6-3-2-4-7-19/h2-9,14-15,18,21,29H,10-13,16-17H2,1H3,(H2,28,33)(H,30,34)/t18-,21-/m0/s1. The molecule has 0 aliphatic carbocycles. The van der Waals surface area contributed by atoms with Crippen LogP contribution in [-0.4, -0.2) is 34.4 Å². The molecule has 3 aromatic rings. The first-order chi connectivity index (χ1) is 16.3. The van der Waals surface area contributed by atoms with Crippen molar-refractivity contribution in [2.75, 3.05) is 0 Å². The second-order valence-corrected chi connectivity index (χ2v) is 8.65. The van der Waals surface area contributed by atoms with E-state index >= 15 is 0 Å². The predicted molar refractivity (Wildman–Crippen MR) is 131 cm³/mol. The number of nitrogens with one attached hydrogen (secondary N) is 2. The first-order valence-electron chi connectivity index (χ1n) is 11.6. The van der Waals surface area contributed by atoms with Crippen LogP contribution in [0.1, 0.15) is 43.7 Å². The molecule has 4 N–H and O–H groups in total. The third kappa shape index (κ3) is 7.13. The summed E-state index contributed by atoms with van der Waals surface area (Å²) >= 11 is 0. The van der Waals surface area contributed by atoms with Crippen molar-refractivity contribution in [2.24, 2.45) is 11.7 Å². The topological polar surface area (TPSA) is 122 Å². The molecule has 1 heterocycles. The predicted octanol–water partition coefficient (Wildman–Crippen LogP) is 3.26. The number of amides is 2. The molecule has 0 unspecified atom stereocenters. The first-order valence-corrected chi connectivity index (χ1v) is 11.6. The first kappa shape index (κ1) is 24.9. The van der Waals surface area contributed by atoms with Gasteiger partial charge in [-0.15, -0.1) is 0 Å². The van der Waals surface area contributed by atoms with Gasteiger partial charge in [0.1, 0.15) is 5.78 Å². The highest BCUT2D eigenvalue weighted by molar-refractivity contribution is 5.94. The number of primary amides is 1. The third-order valence-electron chi connectivity index (χ3n) is 6.00. The van der Waals surface area contributed by atoms with Gasteiger partial charge in [-0.25, -0.2) is 0 Å². The van der Waals surface area contributed by atoms with E-state index in [0.29, 0.717) is 12.8 Å². The molecule has 2 amide bonds. The molecule has 0 bridgehead atoms. The Hall–Kier alpha value is -3.74. The third-order valence-corrected chi connectivity index (χ3v) is 6.00. The Balaban J connectivity index is 1.52. The minimum absolute atomic E-state index is 0.0853. The monoisotopic (exact) mass is 461 g/mol. The molecule has 0 aliphatic heterocycles. The molecule has 3 rings (SSSR count). The van der Waals surface area contributed by atoms with Crippen LogP contribution in [0.2, 0.25) is 0 Å². The van der Waals surface area contributed by atoms with Gasteiger partial charge in [-0.05, 0) is 43.0 Å². The van der Waals surface area contributed by atoms with E-state index in [-0.39, 0.29) is 37.2 Å². The van der Waals surface area contributed by atoms with Crippen molar-refractivity contribution >= 4 is 34.3 Å². The van der Waals surface area contributed by atoms with Gasteiger partial charge in [0, 0.05) is 42.8 Å². The van der Waals surface area contributed by atoms with Gasteiger partial charge in [0.05, 0.1) is 12.0 Å². The molecule has 7 nitrogen and oxygen atoms in total. The number of aromatic nitrogens is 1. The lowest BCUT2D eigenvalue weighted by molar-refractivity contribution is -0.134. The van der Waals surface area contributed by atoms with Crippen molar-refractivity contribution in [2.45, 2.75) is 51.5 Å². The molecule has 0 radical (unpaired) electrons. The summed E-state index contributed by atoms with van der Waals surface area (Å²) in [5, 5.41) is 3.75. The lowest BCUT2D eigenvalue weighted by Crippen LogP contribution is -2.43. The number of ketones is 2. The second kappa shape index (κ2) is 11.9. The largest absolute Gasteiger partial charge is 0.370 e. The minimum atomic E-state index is -0.885. The summed E-state index contributed by atoms with van der Waals surface area (Å²) in [6.07, 6.45) is 3.19. The number of rotatable bonds is 13. The molecule has 1 aromatic heterocycles. The summed E-state index contributed by atoms with van der Waals surface area (Å²) < 4.78 is 0. The van der Waals surface area contributed by atoms with Crippen molar-refractivity contribution in [1.29, 1.82) is 0 Å². The van der Waals surface area contributed by atoms with Crippen LogP contribution >= 0.6 is 0 Å². The smallest absolute Gasteiger partial charge is 0.224 e. The van der Waals surface area contributed by atoms with E-state index in [4.69, 9.17) is 5.73 Å². The van der Waals surface area contributed by atoms with E-state index in [1.54, 1.807) is 6.92 Å². The second-order valence-electron chi connectivity index (χ2n) is 8.65. The molecule has 0 saturated heterocycles. The van der Waals surface area contributed by atoms with Crippen LogP contribution in [0, 0.1) is 5.92 Å². The number of fused-ring (bicyclic) bond motifs is 1. The van der Waals surface area contributed by atoms with Gasteiger partial charge >= 0.3 is 0 Å². The van der Waals surface area contributed by atoms with E-state index in [1.165, 1.54) is 0 Å². The Bertz CT molecular complexity index is 1150. The lowest BCUT2D eigenvalue weighted by atomic mass is 9.94. The number of hydrogen-bond acceptors (Lipinski definition) is 4. The Labute approximate surface area is 199 Å². The van der Waals surface area contributed by atoms with Crippen LogP contribution in [0.4, 0.5) is 0 Å². The van der Waals surface area contributed by atoms with Crippen LogP contribution in [0.25, 0.3) is 10.9 Å². The van der Waals surface area contributed by atoms with Crippen LogP contribution in [-0.2, 0) is 32.0 Å². The van der Waals surface area contributed by atoms with Crippen LogP contribution in [0.5, 0.6) is 0 Å². The number of benzene rings is 2. The molecule has 2 atom stereocenters. The number of aryl methyl sites for hydroxylation is 2. The summed E-state index contributed by atoms with van der Waals surface area (Å²) in [4.78, 5) is 52.6. The van der Waals surface area contributed by atoms with Gasteiger partial charge in [0.15, 0.2) is 5.78 Å². The van der Waals surface area contributed by atoms with Gasteiger partial charge in [0.2, 0.25) is 11.8 Å². The average Bonchev–Trinajstić information content (AvgIpc) is 3.30. The number of H-pyrrole nitrogens is 1. The van der Waals surface area contributed by atoms with E-state index in [1.807, 2.05) is 60.8 Å². The Morgan fingerprint density at radius 1 is 0.912 bits per heavy atom. The molecule has 34 heavy (non-hydrogen) atoms. The number of aromatic amines is 1. The number of hydrogen-bond donors (Lipinski definition) is 3. The molecule has 0 aliphatic rings. The van der Waals surface area contributed by atoms with E-state index in [2.05, 4.69) is 10.3 Å². The van der Waals surface area contributed by atoms with Crippen molar-refractivity contribution in [1.82, 2.24) is 10.3 Å². The molecule has 0 fully saturated rings. The molecular weight excluding hydrogens is 430 g/mol. The van der Waals surface area contributed by atoms with Gasteiger partial charge in [-0.3, -0.25) is 19.2 Å². The zero-order chi connectivity index (χ0) is 24.5. The number of carbonyl (C=O) groups excluding carboxylic acids is 4. The van der Waals surface area contributed by atoms with Crippen molar-refractivity contribution in [3.63, 3.8) is 0 Å². The fourth-order valence-corrected chi connectivity index (χ4v) is 4.06. The van der Waals surface area contributed by atoms with Crippen LogP contribution < -0.4 is 11.1 Å². The number of carbonyl (C=O) groups is 4. The molecular formula is C27H31N3O4. The van der Waals surface area contributed by atoms with Gasteiger partial charge in [-0.2, -0.15) is 0 Å². The Kier molecular flexibility index (Phi) is 8.73. The summed E-state index contributed by atoms with van der Waals surface area (Å²) in [5.74, 6) is -2.28. The van der Waals surface area contributed by atoms with Gasteiger partial charge < -0.3 is 16.0 Å². The van der Waals surface area contributed by atoms with Crippen LogP contribution in [0.15, 0.2) is 60.8 Å². The van der Waals surface area contributed by atoms with Crippen molar-refractivity contribution in [3.8, 4) is 0 Å². The maximum Gasteiger partial charge on any atom is 0.224 e. The fraction of sp³-hybridized carbons (Fsp3) is 0.333. The molecule has 2 aromatic carbocycles. The minimum Gasteiger partial charge on any atom is -0.370 e.